The molecule has 0 spiro atoms. The minimum atomic E-state index is -4.63. The summed E-state index contributed by atoms with van der Waals surface area (Å²) in [6.07, 6.45) is 1.11. The van der Waals surface area contributed by atoms with E-state index in [0.717, 1.165) is 0 Å². The number of hydrogen-bond acceptors (Lipinski definition) is 5. The summed E-state index contributed by atoms with van der Waals surface area (Å²) in [5.74, 6) is -2.92. The summed E-state index contributed by atoms with van der Waals surface area (Å²) in [7, 11) is 1.68. The number of anilines is 1. The molecule has 6 nitrogen and oxygen atoms in total. The fourth-order valence-corrected chi connectivity index (χ4v) is 3.64. The van der Waals surface area contributed by atoms with Crippen LogP contribution in [0.1, 0.15) is 45.1 Å². The van der Waals surface area contributed by atoms with Crippen molar-refractivity contribution >= 4 is 23.1 Å². The second kappa shape index (κ2) is 12.3. The highest BCUT2D eigenvalue weighted by Gasteiger charge is 2.48. The zero-order valence-electron chi connectivity index (χ0n) is 19.3. The van der Waals surface area contributed by atoms with Gasteiger partial charge in [0.15, 0.2) is 0 Å². The fourth-order valence-electron chi connectivity index (χ4n) is 3.64. The van der Waals surface area contributed by atoms with Gasteiger partial charge in [-0.25, -0.2) is 4.99 Å². The zero-order chi connectivity index (χ0) is 24.4. The molecule has 0 saturated carbocycles. The maximum atomic E-state index is 13.7. The van der Waals surface area contributed by atoms with Crippen LogP contribution in [0.4, 0.5) is 18.9 Å². The number of amidine groups is 1. The predicted octanol–water partition coefficient (Wildman–Crippen LogP) is 4.80. The molecular formula is C24H32F3N5O. The molecule has 1 aromatic carbocycles. The summed E-state index contributed by atoms with van der Waals surface area (Å²) in [5.41, 5.74) is 0.978. The highest BCUT2D eigenvalue weighted by molar-refractivity contribution is 6.20. The maximum absolute atomic E-state index is 13.7. The van der Waals surface area contributed by atoms with E-state index in [2.05, 4.69) is 20.9 Å². The van der Waals surface area contributed by atoms with Crippen molar-refractivity contribution in [2.75, 3.05) is 25.5 Å². The second-order valence-corrected chi connectivity index (χ2v) is 7.78. The monoisotopic (exact) mass is 463 g/mol. The molecule has 2 fully saturated rings. The lowest BCUT2D eigenvalue weighted by Crippen LogP contribution is -2.46. The molecule has 2 aliphatic heterocycles. The van der Waals surface area contributed by atoms with Gasteiger partial charge in [-0.3, -0.25) is 10.2 Å². The largest absolute Gasteiger partial charge is 0.396 e. The number of amides is 1. The van der Waals surface area contributed by atoms with Gasteiger partial charge < -0.3 is 16.0 Å². The number of rotatable bonds is 5. The van der Waals surface area contributed by atoms with E-state index in [0.29, 0.717) is 17.7 Å². The van der Waals surface area contributed by atoms with E-state index in [4.69, 9.17) is 5.41 Å². The SMILES string of the molecule is C1CCNC1.CC/C=C/N=C1\NC(=O)CC(C(F)(F)F)\C1=C(\C)C(=N)c1ccccc1NC. The molecule has 0 radical (unpaired) electrons. The number of piperidine rings is 1. The maximum Gasteiger partial charge on any atom is 0.396 e. The second-order valence-electron chi connectivity index (χ2n) is 7.78. The van der Waals surface area contributed by atoms with Crippen molar-refractivity contribution in [1.29, 1.82) is 5.41 Å². The van der Waals surface area contributed by atoms with Crippen LogP contribution in [0, 0.1) is 11.3 Å². The van der Waals surface area contributed by atoms with Gasteiger partial charge in [0.2, 0.25) is 5.91 Å². The first kappa shape index (κ1) is 26.3. The van der Waals surface area contributed by atoms with Crippen LogP contribution < -0.4 is 16.0 Å². The first-order valence-corrected chi connectivity index (χ1v) is 11.1. The topological polar surface area (TPSA) is 89.4 Å². The Morgan fingerprint density at radius 3 is 2.48 bits per heavy atom. The van der Waals surface area contributed by atoms with Gasteiger partial charge in [-0.15, -0.1) is 0 Å². The molecule has 33 heavy (non-hydrogen) atoms. The van der Waals surface area contributed by atoms with E-state index >= 15 is 0 Å². The number of nitrogens with one attached hydrogen (secondary N) is 4. The van der Waals surface area contributed by atoms with Crippen LogP contribution in [0.25, 0.3) is 0 Å². The third-order valence-corrected chi connectivity index (χ3v) is 5.39. The van der Waals surface area contributed by atoms with E-state index in [-0.39, 0.29) is 22.7 Å². The van der Waals surface area contributed by atoms with Crippen molar-refractivity contribution in [3.05, 3.63) is 53.3 Å². The minimum Gasteiger partial charge on any atom is -0.388 e. The summed E-state index contributed by atoms with van der Waals surface area (Å²) in [4.78, 5) is 15.9. The van der Waals surface area contributed by atoms with Crippen LogP contribution >= 0.6 is 0 Å². The number of alkyl halides is 3. The Morgan fingerprint density at radius 2 is 1.94 bits per heavy atom. The Balaban J connectivity index is 0.000000678. The predicted molar refractivity (Wildman–Crippen MR) is 127 cm³/mol. The van der Waals surface area contributed by atoms with Gasteiger partial charge >= 0.3 is 6.18 Å². The molecule has 1 atom stereocenters. The summed E-state index contributed by atoms with van der Waals surface area (Å²) < 4.78 is 41.2. The van der Waals surface area contributed by atoms with Crippen molar-refractivity contribution in [3.63, 3.8) is 0 Å². The smallest absolute Gasteiger partial charge is 0.388 e. The number of carbonyl (C=O) groups excluding carboxylic acids is 1. The van der Waals surface area contributed by atoms with Gasteiger partial charge in [-0.05, 0) is 50.9 Å². The fraction of sp³-hybridized carbons (Fsp3) is 0.458. The van der Waals surface area contributed by atoms with Gasteiger partial charge in [-0.1, -0.05) is 31.2 Å². The van der Waals surface area contributed by atoms with Crippen LogP contribution in [0.15, 0.2) is 52.7 Å². The van der Waals surface area contributed by atoms with E-state index in [9.17, 15) is 18.0 Å². The molecule has 4 N–H and O–H groups in total. The molecule has 3 rings (SSSR count). The van der Waals surface area contributed by atoms with E-state index in [1.807, 2.05) is 6.92 Å². The highest BCUT2D eigenvalue weighted by atomic mass is 19.4. The average molecular weight is 464 g/mol. The molecule has 2 heterocycles. The Labute approximate surface area is 193 Å². The Bertz CT molecular complexity index is 923. The molecule has 1 amide bonds. The number of allylic oxidation sites excluding steroid dienone is 2. The first-order chi connectivity index (χ1) is 15.7. The molecule has 0 aliphatic carbocycles. The standard InChI is InChI=1S/C20H23F3N4O.C4H9N/c1-4-5-10-26-19-17(14(20(21,22)23)11-16(28)27-19)12(2)18(24)13-8-6-7-9-15(13)25-3;1-2-4-5-3-1/h5-10,14,24-25H,4,11H2,1-3H3,(H,26,27,28);5H,1-4H2/b10-5+,17-12+,24-18?;. The van der Waals surface area contributed by atoms with Crippen LogP contribution in [0.5, 0.6) is 0 Å². The minimum absolute atomic E-state index is 0.0579. The van der Waals surface area contributed by atoms with Gasteiger partial charge in [0, 0.05) is 36.5 Å². The first-order valence-electron chi connectivity index (χ1n) is 11.1. The van der Waals surface area contributed by atoms with Gasteiger partial charge in [0.1, 0.15) is 5.84 Å². The van der Waals surface area contributed by atoms with Crippen LogP contribution in [0.3, 0.4) is 0 Å². The van der Waals surface area contributed by atoms with Crippen LogP contribution in [-0.4, -0.2) is 43.8 Å². The third kappa shape index (κ3) is 7.28. The van der Waals surface area contributed by atoms with E-state index in [1.54, 1.807) is 37.4 Å². The lowest BCUT2D eigenvalue weighted by Gasteiger charge is -2.30. The summed E-state index contributed by atoms with van der Waals surface area (Å²) in [5, 5.41) is 17.1. The molecule has 2 aliphatic rings. The molecular weight excluding hydrogens is 431 g/mol. The van der Waals surface area contributed by atoms with Crippen molar-refractivity contribution in [2.24, 2.45) is 10.9 Å². The molecule has 1 aromatic rings. The van der Waals surface area contributed by atoms with Crippen molar-refractivity contribution in [3.8, 4) is 0 Å². The Morgan fingerprint density at radius 1 is 1.27 bits per heavy atom. The van der Waals surface area contributed by atoms with Gasteiger partial charge in [0.25, 0.3) is 0 Å². The molecule has 0 bridgehead atoms. The lowest BCUT2D eigenvalue weighted by molar-refractivity contribution is -0.169. The number of benzene rings is 1. The van der Waals surface area contributed by atoms with Gasteiger partial charge in [0.05, 0.1) is 11.6 Å². The van der Waals surface area contributed by atoms with Gasteiger partial charge in [-0.2, -0.15) is 13.2 Å². The summed E-state index contributed by atoms with van der Waals surface area (Å²) in [6, 6.07) is 6.89. The molecule has 180 valence electrons. The van der Waals surface area contributed by atoms with Crippen LogP contribution in [-0.2, 0) is 4.79 Å². The zero-order valence-corrected chi connectivity index (χ0v) is 19.3. The quantitative estimate of drug-likeness (QED) is 0.473. The summed E-state index contributed by atoms with van der Waals surface area (Å²) in [6.45, 7) is 5.82. The third-order valence-electron chi connectivity index (χ3n) is 5.39. The average Bonchev–Trinajstić information content (AvgIpc) is 3.37. The molecule has 2 saturated heterocycles. The number of para-hydroxylation sites is 1. The highest BCUT2D eigenvalue weighted by Crippen LogP contribution is 2.39. The number of nitrogens with zero attached hydrogens (tertiary/aromatic N) is 1. The van der Waals surface area contributed by atoms with E-state index in [1.165, 1.54) is 39.1 Å². The van der Waals surface area contributed by atoms with Crippen molar-refractivity contribution < 1.29 is 18.0 Å². The van der Waals surface area contributed by atoms with Crippen LogP contribution in [0.2, 0.25) is 0 Å². The molecule has 0 aromatic heterocycles. The number of aliphatic imine (C=N–C) groups is 1. The normalized spacial score (nSPS) is 21.5. The molecule has 1 unspecified atom stereocenters. The summed E-state index contributed by atoms with van der Waals surface area (Å²) >= 11 is 0. The van der Waals surface area contributed by atoms with Crippen molar-refractivity contribution in [2.45, 2.75) is 45.7 Å². The number of hydrogen-bond donors (Lipinski definition) is 4. The number of carbonyl (C=O) groups is 1. The lowest BCUT2D eigenvalue weighted by atomic mass is 9.84. The van der Waals surface area contributed by atoms with E-state index < -0.39 is 24.4 Å². The Kier molecular flexibility index (Phi) is 9.84. The molecule has 9 heteroatoms. The van der Waals surface area contributed by atoms with Crippen molar-refractivity contribution in [1.82, 2.24) is 10.6 Å². The number of halogens is 3. The Hall–Kier alpha value is -2.94.